The normalized spacial score (nSPS) is 16.1. The first kappa shape index (κ1) is 16.8. The molecule has 0 aliphatic heterocycles. The molecule has 128 valence electrons. The Kier molecular flexibility index (Phi) is 4.49. The molecular weight excluding hydrogens is 339 g/mol. The Hall–Kier alpha value is -2.09. The lowest BCUT2D eigenvalue weighted by Gasteiger charge is -2.25. The third kappa shape index (κ3) is 3.69. The zero-order valence-electron chi connectivity index (χ0n) is 12.9. The van der Waals surface area contributed by atoms with Crippen LogP contribution in [0, 0.1) is 6.92 Å². The van der Waals surface area contributed by atoms with E-state index in [1.54, 1.807) is 10.8 Å². The van der Waals surface area contributed by atoms with Crippen LogP contribution in [0.3, 0.4) is 0 Å². The summed E-state index contributed by atoms with van der Waals surface area (Å²) >= 11 is 1.31. The molecule has 0 atom stereocenters. The van der Waals surface area contributed by atoms with Crippen molar-refractivity contribution in [1.82, 2.24) is 9.88 Å². The van der Waals surface area contributed by atoms with Crippen molar-refractivity contribution < 1.29 is 18.0 Å². The van der Waals surface area contributed by atoms with Gasteiger partial charge >= 0.3 is 12.2 Å². The van der Waals surface area contributed by atoms with Gasteiger partial charge in [0.2, 0.25) is 0 Å². The molecule has 1 N–H and O–H groups in total. The highest BCUT2D eigenvalue weighted by Gasteiger charge is 2.30. The molecule has 0 unspecified atom stereocenters. The molecule has 1 heterocycles. The molecule has 1 saturated carbocycles. The molecule has 2 amide bonds. The minimum atomic E-state index is -4.37. The van der Waals surface area contributed by atoms with Gasteiger partial charge in [-0.3, -0.25) is 4.57 Å². The van der Waals surface area contributed by atoms with E-state index in [0.717, 1.165) is 36.3 Å². The molecule has 1 aliphatic rings. The molecule has 0 bridgehead atoms. The fraction of sp³-hybridized carbons (Fsp3) is 0.375. The predicted molar refractivity (Wildman–Crippen MR) is 85.1 cm³/mol. The molecule has 1 aromatic heterocycles. The molecular formula is C16H16F3N3OS. The number of alkyl halides is 3. The van der Waals surface area contributed by atoms with Gasteiger partial charge in [0.05, 0.1) is 5.56 Å². The van der Waals surface area contributed by atoms with E-state index in [2.05, 4.69) is 10.3 Å². The lowest BCUT2D eigenvalue weighted by molar-refractivity contribution is -0.137. The van der Waals surface area contributed by atoms with Gasteiger partial charge in [0.1, 0.15) is 0 Å². The van der Waals surface area contributed by atoms with Crippen molar-refractivity contribution >= 4 is 17.4 Å². The minimum absolute atomic E-state index is 0.182. The van der Waals surface area contributed by atoms with Crippen molar-refractivity contribution in [2.75, 3.05) is 0 Å². The zero-order chi connectivity index (χ0) is 17.3. The molecule has 0 spiro atoms. The van der Waals surface area contributed by atoms with E-state index in [1.807, 2.05) is 6.92 Å². The molecule has 0 radical (unpaired) electrons. The molecule has 4 nitrogen and oxygen atoms in total. The largest absolute Gasteiger partial charge is 0.416 e. The fourth-order valence-electron chi connectivity index (χ4n) is 2.38. The Bertz CT molecular complexity index is 801. The number of halogens is 3. The van der Waals surface area contributed by atoms with Crippen LogP contribution in [0.5, 0.6) is 0 Å². The molecule has 24 heavy (non-hydrogen) atoms. The summed E-state index contributed by atoms with van der Waals surface area (Å²) < 4.78 is 39.6. The maximum atomic E-state index is 12.7. The molecule has 3 rings (SSSR count). The van der Waals surface area contributed by atoms with Crippen molar-refractivity contribution in [1.29, 1.82) is 0 Å². The first-order valence-electron chi connectivity index (χ1n) is 7.55. The Morgan fingerprint density at radius 1 is 1.29 bits per heavy atom. The smallest absolute Gasteiger partial charge is 0.333 e. The van der Waals surface area contributed by atoms with Gasteiger partial charge < -0.3 is 5.32 Å². The number of carbonyl (C=O) groups is 1. The monoisotopic (exact) mass is 355 g/mol. The number of carbonyl (C=O) groups excluding carboxylic acids is 1. The lowest BCUT2D eigenvalue weighted by Crippen LogP contribution is -2.38. The van der Waals surface area contributed by atoms with Crippen LogP contribution in [0.4, 0.5) is 18.0 Å². The Balaban J connectivity index is 1.89. The van der Waals surface area contributed by atoms with E-state index in [4.69, 9.17) is 0 Å². The second-order valence-corrected chi connectivity index (χ2v) is 6.94. The van der Waals surface area contributed by atoms with Gasteiger partial charge in [-0.1, -0.05) is 0 Å². The first-order chi connectivity index (χ1) is 11.3. The molecule has 1 aromatic carbocycles. The number of nitrogens with zero attached hydrogens (tertiary/aromatic N) is 2. The van der Waals surface area contributed by atoms with E-state index in [9.17, 15) is 18.0 Å². The Morgan fingerprint density at radius 2 is 1.96 bits per heavy atom. The zero-order valence-corrected chi connectivity index (χ0v) is 13.7. The summed E-state index contributed by atoms with van der Waals surface area (Å²) in [5.41, 5.74) is -0.178. The van der Waals surface area contributed by atoms with Crippen LogP contribution in [0.2, 0.25) is 0 Å². The number of nitrogens with one attached hydrogen (secondary N) is 1. The van der Waals surface area contributed by atoms with Gasteiger partial charge in [0.25, 0.3) is 0 Å². The van der Waals surface area contributed by atoms with Crippen LogP contribution >= 0.6 is 11.3 Å². The molecule has 0 saturated heterocycles. The van der Waals surface area contributed by atoms with E-state index in [0.29, 0.717) is 10.5 Å². The number of aryl methyl sites for hydroxylation is 1. The topological polar surface area (TPSA) is 46.4 Å². The van der Waals surface area contributed by atoms with Crippen LogP contribution in [-0.2, 0) is 6.18 Å². The van der Waals surface area contributed by atoms with Crippen LogP contribution in [0.15, 0.2) is 35.5 Å². The third-order valence-electron chi connectivity index (χ3n) is 3.87. The summed E-state index contributed by atoms with van der Waals surface area (Å²) in [5, 5.41) is 2.82. The predicted octanol–water partition coefficient (Wildman–Crippen LogP) is 4.03. The quantitative estimate of drug-likeness (QED) is 0.869. The van der Waals surface area contributed by atoms with Crippen molar-refractivity contribution in [3.63, 3.8) is 0 Å². The molecule has 1 fully saturated rings. The number of urea groups is 1. The summed E-state index contributed by atoms with van der Waals surface area (Å²) in [6.07, 6.45) is 0.411. The Labute approximate surface area is 140 Å². The number of thiazole rings is 1. The second-order valence-electron chi connectivity index (χ2n) is 5.73. The van der Waals surface area contributed by atoms with Gasteiger partial charge in [0, 0.05) is 22.8 Å². The van der Waals surface area contributed by atoms with Crippen LogP contribution in [0.25, 0.3) is 5.69 Å². The lowest BCUT2D eigenvalue weighted by atomic mass is 9.93. The average molecular weight is 355 g/mol. The highest BCUT2D eigenvalue weighted by Crippen LogP contribution is 2.29. The molecule has 2 aromatic rings. The number of amides is 2. The van der Waals surface area contributed by atoms with Crippen molar-refractivity contribution in [2.24, 2.45) is 4.99 Å². The summed E-state index contributed by atoms with van der Waals surface area (Å²) in [4.78, 5) is 17.4. The van der Waals surface area contributed by atoms with E-state index in [-0.39, 0.29) is 6.04 Å². The number of aromatic nitrogens is 1. The molecule has 8 heteroatoms. The van der Waals surface area contributed by atoms with E-state index >= 15 is 0 Å². The first-order valence-corrected chi connectivity index (χ1v) is 8.36. The standard InChI is InChI=1S/C16H16F3N3OS/c1-10-9-22(13-7-5-11(6-8-13)16(17,18)19)15(24-10)21-14(23)20-12-3-2-4-12/h5-9,12H,2-4H2,1H3,(H,20,23)/b21-15-. The summed E-state index contributed by atoms with van der Waals surface area (Å²) in [6.45, 7) is 1.86. The van der Waals surface area contributed by atoms with Crippen LogP contribution < -0.4 is 10.1 Å². The van der Waals surface area contributed by atoms with E-state index in [1.165, 1.54) is 23.5 Å². The SMILES string of the molecule is Cc1cn(-c2ccc(C(F)(F)F)cc2)/c(=N/C(=O)NC2CCC2)s1. The third-order valence-corrected chi connectivity index (χ3v) is 4.77. The highest BCUT2D eigenvalue weighted by atomic mass is 32.1. The number of rotatable bonds is 2. The van der Waals surface area contributed by atoms with Gasteiger partial charge in [0.15, 0.2) is 4.80 Å². The minimum Gasteiger partial charge on any atom is -0.333 e. The number of hydrogen-bond donors (Lipinski definition) is 1. The maximum absolute atomic E-state index is 12.7. The maximum Gasteiger partial charge on any atom is 0.416 e. The van der Waals surface area contributed by atoms with Crippen LogP contribution in [-0.4, -0.2) is 16.6 Å². The van der Waals surface area contributed by atoms with Gasteiger partial charge in [-0.2, -0.15) is 18.2 Å². The Morgan fingerprint density at radius 3 is 2.50 bits per heavy atom. The molecule has 1 aliphatic carbocycles. The summed E-state index contributed by atoms with van der Waals surface area (Å²) in [5.74, 6) is 0. The second kappa shape index (κ2) is 6.43. The summed E-state index contributed by atoms with van der Waals surface area (Å²) in [7, 11) is 0. The van der Waals surface area contributed by atoms with Crippen LogP contribution in [0.1, 0.15) is 29.7 Å². The van der Waals surface area contributed by atoms with Crippen molar-refractivity contribution in [3.8, 4) is 5.69 Å². The number of hydrogen-bond acceptors (Lipinski definition) is 2. The van der Waals surface area contributed by atoms with Gasteiger partial charge in [-0.15, -0.1) is 11.3 Å². The van der Waals surface area contributed by atoms with E-state index < -0.39 is 17.8 Å². The highest BCUT2D eigenvalue weighted by molar-refractivity contribution is 7.09. The average Bonchev–Trinajstić information content (AvgIpc) is 2.83. The fourth-order valence-corrected chi connectivity index (χ4v) is 3.21. The van der Waals surface area contributed by atoms with Crippen molar-refractivity contribution in [3.05, 3.63) is 45.7 Å². The van der Waals surface area contributed by atoms with Crippen molar-refractivity contribution in [2.45, 2.75) is 38.4 Å². The van der Waals surface area contributed by atoms with Gasteiger partial charge in [-0.25, -0.2) is 4.79 Å². The van der Waals surface area contributed by atoms with Gasteiger partial charge in [-0.05, 0) is 50.5 Å². The summed E-state index contributed by atoms with van der Waals surface area (Å²) in [6, 6.07) is 4.56. The number of benzene rings is 1.